The first-order valence-corrected chi connectivity index (χ1v) is 3.76. The quantitative estimate of drug-likeness (QED) is 0.392. The fraction of sp³-hybridized carbons (Fsp3) is 0.250. The van der Waals surface area contributed by atoms with Gasteiger partial charge in [0.25, 0.3) is 0 Å². The molecule has 0 radical (unpaired) electrons. The van der Waals surface area contributed by atoms with Crippen LogP contribution in [0.1, 0.15) is 16.9 Å². The van der Waals surface area contributed by atoms with Crippen LogP contribution in [0.3, 0.4) is 0 Å². The van der Waals surface area contributed by atoms with Gasteiger partial charge in [-0.1, -0.05) is 6.07 Å². The van der Waals surface area contributed by atoms with Gasteiger partial charge >= 0.3 is 0 Å². The van der Waals surface area contributed by atoms with Crippen LogP contribution in [0, 0.1) is 10.1 Å². The third kappa shape index (κ3) is 2.98. The van der Waals surface area contributed by atoms with Gasteiger partial charge in [-0.25, -0.2) is 0 Å². The van der Waals surface area contributed by atoms with Crippen LogP contribution in [-0.4, -0.2) is 22.2 Å². The van der Waals surface area contributed by atoms with E-state index < -0.39 is 4.92 Å². The maximum Gasteiger partial charge on any atom is 0.211 e. The zero-order valence-corrected chi connectivity index (χ0v) is 6.84. The van der Waals surface area contributed by atoms with Crippen LogP contribution >= 0.6 is 0 Å². The SMILES string of the molecule is O=C(CC[N+](=O)[O-])c1ccccn1. The molecule has 0 saturated carbocycles. The molecule has 0 aliphatic rings. The summed E-state index contributed by atoms with van der Waals surface area (Å²) in [6.45, 7) is -0.338. The van der Waals surface area contributed by atoms with Crippen molar-refractivity contribution in [3.05, 3.63) is 40.2 Å². The first kappa shape index (κ1) is 9.31. The molecular formula is C8H8N2O3. The Balaban J connectivity index is 2.54. The second kappa shape index (κ2) is 4.30. The van der Waals surface area contributed by atoms with E-state index in [4.69, 9.17) is 0 Å². The molecule has 5 heteroatoms. The first-order valence-electron chi connectivity index (χ1n) is 3.76. The molecule has 1 heterocycles. The number of carbonyl (C=O) groups is 1. The predicted molar refractivity (Wildman–Crippen MR) is 45.0 cm³/mol. The number of Topliss-reactive ketones (excluding diaryl/α,β-unsaturated/α-hetero) is 1. The smallest absolute Gasteiger partial charge is 0.211 e. The van der Waals surface area contributed by atoms with Crippen molar-refractivity contribution < 1.29 is 9.72 Å². The topological polar surface area (TPSA) is 73.1 Å². The highest BCUT2D eigenvalue weighted by Crippen LogP contribution is 1.98. The lowest BCUT2D eigenvalue weighted by atomic mass is 10.2. The van der Waals surface area contributed by atoms with Crippen molar-refractivity contribution in [2.24, 2.45) is 0 Å². The molecule has 1 rings (SSSR count). The number of nitro groups is 1. The Hall–Kier alpha value is -1.78. The lowest BCUT2D eigenvalue weighted by Crippen LogP contribution is -2.09. The van der Waals surface area contributed by atoms with Crippen LogP contribution in [-0.2, 0) is 0 Å². The third-order valence-electron chi connectivity index (χ3n) is 1.47. The highest BCUT2D eigenvalue weighted by molar-refractivity contribution is 5.94. The van der Waals surface area contributed by atoms with Gasteiger partial charge in [-0.05, 0) is 12.1 Å². The van der Waals surface area contributed by atoms with E-state index in [2.05, 4.69) is 4.98 Å². The molecule has 1 aromatic rings. The van der Waals surface area contributed by atoms with Gasteiger partial charge in [0.15, 0.2) is 5.78 Å². The van der Waals surface area contributed by atoms with Crippen LogP contribution in [0.25, 0.3) is 0 Å². The summed E-state index contributed by atoms with van der Waals surface area (Å²) in [6.07, 6.45) is 1.39. The standard InChI is InChI=1S/C8H8N2O3/c11-8(4-6-10(12)13)7-3-1-2-5-9-7/h1-3,5H,4,6H2. The van der Waals surface area contributed by atoms with E-state index in [9.17, 15) is 14.9 Å². The van der Waals surface area contributed by atoms with Crippen molar-refractivity contribution in [2.75, 3.05) is 6.54 Å². The summed E-state index contributed by atoms with van der Waals surface area (Å²) in [4.78, 5) is 24.4. The van der Waals surface area contributed by atoms with Crippen molar-refractivity contribution in [3.8, 4) is 0 Å². The van der Waals surface area contributed by atoms with E-state index in [1.54, 1.807) is 18.2 Å². The highest BCUT2D eigenvalue weighted by atomic mass is 16.6. The number of hydrogen-bond donors (Lipinski definition) is 0. The molecule has 0 atom stereocenters. The molecule has 0 aliphatic carbocycles. The largest absolute Gasteiger partial charge is 0.292 e. The van der Waals surface area contributed by atoms with E-state index in [1.165, 1.54) is 6.20 Å². The lowest BCUT2D eigenvalue weighted by molar-refractivity contribution is -0.478. The molecule has 0 N–H and O–H groups in total. The summed E-state index contributed by atoms with van der Waals surface area (Å²) < 4.78 is 0. The number of nitrogens with zero attached hydrogens (tertiary/aromatic N) is 2. The van der Waals surface area contributed by atoms with Gasteiger partial charge in [0.05, 0.1) is 6.42 Å². The Labute approximate surface area is 74.6 Å². The molecule has 1 aromatic heterocycles. The Morgan fingerprint density at radius 2 is 2.31 bits per heavy atom. The maximum absolute atomic E-state index is 11.2. The number of ketones is 1. The highest BCUT2D eigenvalue weighted by Gasteiger charge is 2.09. The van der Waals surface area contributed by atoms with E-state index in [0.717, 1.165) is 0 Å². The van der Waals surface area contributed by atoms with Crippen LogP contribution in [0.5, 0.6) is 0 Å². The molecule has 0 spiro atoms. The van der Waals surface area contributed by atoms with Crippen LogP contribution in [0.15, 0.2) is 24.4 Å². The number of carbonyl (C=O) groups excluding carboxylic acids is 1. The minimum atomic E-state index is -0.513. The summed E-state index contributed by atoms with van der Waals surface area (Å²) in [7, 11) is 0. The van der Waals surface area contributed by atoms with Crippen LogP contribution in [0.2, 0.25) is 0 Å². The van der Waals surface area contributed by atoms with Crippen molar-refractivity contribution in [3.63, 3.8) is 0 Å². The number of rotatable bonds is 4. The number of pyridine rings is 1. The zero-order chi connectivity index (χ0) is 9.68. The Morgan fingerprint density at radius 3 is 2.85 bits per heavy atom. The van der Waals surface area contributed by atoms with Gasteiger partial charge < -0.3 is 0 Å². The Morgan fingerprint density at radius 1 is 1.54 bits per heavy atom. The lowest BCUT2D eigenvalue weighted by Gasteiger charge is -1.95. The van der Waals surface area contributed by atoms with Crippen LogP contribution in [0.4, 0.5) is 0 Å². The summed E-state index contributed by atoms with van der Waals surface area (Å²) in [5.74, 6) is -0.294. The average Bonchev–Trinajstić information content (AvgIpc) is 2.15. The van der Waals surface area contributed by atoms with Gasteiger partial charge in [-0.3, -0.25) is 19.9 Å². The van der Waals surface area contributed by atoms with Crippen LogP contribution < -0.4 is 0 Å². The molecule has 0 unspecified atom stereocenters. The molecule has 0 aromatic carbocycles. The second-order valence-corrected chi connectivity index (χ2v) is 2.44. The summed E-state index contributed by atoms with van der Waals surface area (Å²) in [5, 5.41) is 9.97. The summed E-state index contributed by atoms with van der Waals surface area (Å²) in [6, 6.07) is 4.90. The normalized spacial score (nSPS) is 9.54. The van der Waals surface area contributed by atoms with Crippen molar-refractivity contribution in [2.45, 2.75) is 6.42 Å². The second-order valence-electron chi connectivity index (χ2n) is 2.44. The molecule has 13 heavy (non-hydrogen) atoms. The fourth-order valence-electron chi connectivity index (χ4n) is 0.849. The molecule has 68 valence electrons. The molecule has 0 bridgehead atoms. The molecule has 5 nitrogen and oxygen atoms in total. The summed E-state index contributed by atoms with van der Waals surface area (Å²) >= 11 is 0. The predicted octanol–water partition coefficient (Wildman–Crippen LogP) is 0.931. The molecule has 0 aliphatic heterocycles. The minimum Gasteiger partial charge on any atom is -0.292 e. The number of aromatic nitrogens is 1. The monoisotopic (exact) mass is 180 g/mol. The van der Waals surface area contributed by atoms with Gasteiger partial charge in [-0.15, -0.1) is 0 Å². The minimum absolute atomic E-state index is 0.0932. The summed E-state index contributed by atoms with van der Waals surface area (Å²) in [5.41, 5.74) is 0.282. The first-order chi connectivity index (χ1) is 6.20. The fourth-order valence-corrected chi connectivity index (χ4v) is 0.849. The zero-order valence-electron chi connectivity index (χ0n) is 6.84. The van der Waals surface area contributed by atoms with Gasteiger partial charge in [0.2, 0.25) is 6.54 Å². The van der Waals surface area contributed by atoms with Gasteiger partial charge in [0, 0.05) is 11.1 Å². The maximum atomic E-state index is 11.2. The van der Waals surface area contributed by atoms with E-state index in [-0.39, 0.29) is 24.4 Å². The third-order valence-corrected chi connectivity index (χ3v) is 1.47. The number of hydrogen-bond acceptors (Lipinski definition) is 4. The van der Waals surface area contributed by atoms with Crippen molar-refractivity contribution >= 4 is 5.78 Å². The molecule has 0 amide bonds. The van der Waals surface area contributed by atoms with E-state index in [1.807, 2.05) is 0 Å². The van der Waals surface area contributed by atoms with Crippen molar-refractivity contribution in [1.29, 1.82) is 0 Å². The van der Waals surface area contributed by atoms with E-state index in [0.29, 0.717) is 0 Å². The van der Waals surface area contributed by atoms with Crippen molar-refractivity contribution in [1.82, 2.24) is 4.98 Å². The molecular weight excluding hydrogens is 172 g/mol. The van der Waals surface area contributed by atoms with Gasteiger partial charge in [-0.2, -0.15) is 0 Å². The van der Waals surface area contributed by atoms with E-state index >= 15 is 0 Å². The Kier molecular flexibility index (Phi) is 3.08. The molecule has 0 saturated heterocycles. The van der Waals surface area contributed by atoms with Gasteiger partial charge in [0.1, 0.15) is 5.69 Å². The Bertz CT molecular complexity index is 310. The molecule has 0 fully saturated rings. The average molecular weight is 180 g/mol.